The fraction of sp³-hybridized carbons (Fsp3) is 0.154. The summed E-state index contributed by atoms with van der Waals surface area (Å²) in [5, 5.41) is 17.6. The molecule has 0 aliphatic carbocycles. The first-order chi connectivity index (χ1) is 16.8. The van der Waals surface area contributed by atoms with E-state index in [0.29, 0.717) is 39.2 Å². The maximum absolute atomic E-state index is 14.6. The van der Waals surface area contributed by atoms with E-state index in [1.54, 1.807) is 37.3 Å². The van der Waals surface area contributed by atoms with Gasteiger partial charge in [-0.2, -0.15) is 5.21 Å². The van der Waals surface area contributed by atoms with E-state index in [9.17, 15) is 13.6 Å². The molecule has 0 radical (unpaired) electrons. The number of benzene rings is 3. The van der Waals surface area contributed by atoms with Crippen LogP contribution in [-0.4, -0.2) is 20.6 Å². The summed E-state index contributed by atoms with van der Waals surface area (Å²) in [6.07, 6.45) is 0. The molecule has 2 heterocycles. The summed E-state index contributed by atoms with van der Waals surface area (Å²) in [4.78, 5) is 13.3. The smallest absolute Gasteiger partial charge is 0.206 e. The standard InChI is InChI=1S/C26H21F2N5O2/c1-13-10-19(15(3)29-22-12-16(27)8-9-18(22)26-30-32-33-31-26)25-20(11-13)23(34)14(2)24(35-25)17-6-4-5-7-21(17)28/h4-12,15,29H,1-3H3,(H,30,31,32,33). The van der Waals surface area contributed by atoms with Crippen LogP contribution in [-0.2, 0) is 0 Å². The molecule has 7 nitrogen and oxygen atoms in total. The maximum atomic E-state index is 14.6. The largest absolute Gasteiger partial charge is 0.455 e. The van der Waals surface area contributed by atoms with Gasteiger partial charge in [-0.3, -0.25) is 4.79 Å². The number of anilines is 1. The van der Waals surface area contributed by atoms with Crippen LogP contribution in [0.3, 0.4) is 0 Å². The van der Waals surface area contributed by atoms with E-state index >= 15 is 0 Å². The van der Waals surface area contributed by atoms with Crippen LogP contribution in [0.25, 0.3) is 33.7 Å². The molecule has 176 valence electrons. The van der Waals surface area contributed by atoms with Gasteiger partial charge in [-0.1, -0.05) is 18.2 Å². The van der Waals surface area contributed by atoms with Crippen LogP contribution >= 0.6 is 0 Å². The number of nitrogens with one attached hydrogen (secondary N) is 2. The van der Waals surface area contributed by atoms with E-state index in [-0.39, 0.29) is 16.8 Å². The van der Waals surface area contributed by atoms with Crippen LogP contribution in [0.2, 0.25) is 0 Å². The van der Waals surface area contributed by atoms with Crippen molar-refractivity contribution in [2.24, 2.45) is 0 Å². The second-order valence-corrected chi connectivity index (χ2v) is 8.39. The molecule has 5 aromatic rings. The molecule has 0 amide bonds. The third-order valence-corrected chi connectivity index (χ3v) is 5.92. The van der Waals surface area contributed by atoms with Gasteiger partial charge in [-0.15, -0.1) is 10.2 Å². The highest BCUT2D eigenvalue weighted by molar-refractivity contribution is 5.85. The molecule has 0 fully saturated rings. The fourth-order valence-corrected chi connectivity index (χ4v) is 4.21. The SMILES string of the molecule is Cc1cc(C(C)Nc2cc(F)ccc2-c2nn[nH]n2)c2oc(-c3ccccc3F)c(C)c(=O)c2c1. The number of fused-ring (bicyclic) bond motifs is 1. The van der Waals surface area contributed by atoms with Crippen molar-refractivity contribution in [3.05, 3.63) is 93.1 Å². The Bertz CT molecular complexity index is 1610. The van der Waals surface area contributed by atoms with Crippen molar-refractivity contribution in [2.45, 2.75) is 26.8 Å². The lowest BCUT2D eigenvalue weighted by molar-refractivity contribution is 0.586. The lowest BCUT2D eigenvalue weighted by atomic mass is 9.98. The minimum Gasteiger partial charge on any atom is -0.455 e. The predicted molar refractivity (Wildman–Crippen MR) is 129 cm³/mol. The van der Waals surface area contributed by atoms with Crippen LogP contribution in [0.15, 0.2) is 63.8 Å². The van der Waals surface area contributed by atoms with Gasteiger partial charge in [0.2, 0.25) is 5.82 Å². The highest BCUT2D eigenvalue weighted by atomic mass is 19.1. The Labute approximate surface area is 198 Å². The van der Waals surface area contributed by atoms with Gasteiger partial charge >= 0.3 is 0 Å². The molecule has 9 heteroatoms. The lowest BCUT2D eigenvalue weighted by Crippen LogP contribution is -2.13. The van der Waals surface area contributed by atoms with Gasteiger partial charge in [-0.05, 0) is 67.9 Å². The van der Waals surface area contributed by atoms with E-state index in [1.165, 1.54) is 18.2 Å². The Balaban J connectivity index is 1.67. The number of tetrazole rings is 1. The second kappa shape index (κ2) is 8.75. The molecule has 35 heavy (non-hydrogen) atoms. The first kappa shape index (κ1) is 22.4. The van der Waals surface area contributed by atoms with Gasteiger partial charge in [0.25, 0.3) is 0 Å². The van der Waals surface area contributed by atoms with Gasteiger partial charge in [0.05, 0.1) is 17.0 Å². The number of hydrogen-bond acceptors (Lipinski definition) is 6. The number of H-pyrrole nitrogens is 1. The Hall–Kier alpha value is -4.40. The highest BCUT2D eigenvalue weighted by Crippen LogP contribution is 2.34. The van der Waals surface area contributed by atoms with E-state index < -0.39 is 17.7 Å². The molecule has 0 aliphatic heterocycles. The van der Waals surface area contributed by atoms with Gasteiger partial charge < -0.3 is 9.73 Å². The number of aromatic nitrogens is 4. The number of aromatic amines is 1. The normalized spacial score (nSPS) is 12.1. The van der Waals surface area contributed by atoms with Crippen LogP contribution in [0.4, 0.5) is 14.5 Å². The first-order valence-electron chi connectivity index (χ1n) is 11.0. The van der Waals surface area contributed by atoms with E-state index in [0.717, 1.165) is 5.56 Å². The average Bonchev–Trinajstić information content (AvgIpc) is 3.36. The van der Waals surface area contributed by atoms with Crippen molar-refractivity contribution < 1.29 is 13.2 Å². The van der Waals surface area contributed by atoms with Crippen LogP contribution in [0, 0.1) is 25.5 Å². The maximum Gasteiger partial charge on any atom is 0.206 e. The zero-order valence-corrected chi connectivity index (χ0v) is 19.2. The first-order valence-corrected chi connectivity index (χ1v) is 11.0. The van der Waals surface area contributed by atoms with Crippen molar-refractivity contribution >= 4 is 16.7 Å². The Morgan fingerprint density at radius 1 is 1.03 bits per heavy atom. The number of aryl methyl sites for hydroxylation is 1. The Kier molecular flexibility index (Phi) is 5.60. The summed E-state index contributed by atoms with van der Waals surface area (Å²) in [6.45, 7) is 5.37. The summed E-state index contributed by atoms with van der Waals surface area (Å²) in [6, 6.07) is 13.6. The van der Waals surface area contributed by atoms with Crippen LogP contribution in [0.5, 0.6) is 0 Å². The molecule has 0 saturated carbocycles. The molecule has 1 atom stereocenters. The number of hydrogen-bond donors (Lipinski definition) is 2. The molecular formula is C26H21F2N5O2. The molecule has 2 N–H and O–H groups in total. The summed E-state index contributed by atoms with van der Waals surface area (Å²) in [7, 11) is 0. The molecule has 0 spiro atoms. The Morgan fingerprint density at radius 2 is 1.83 bits per heavy atom. The highest BCUT2D eigenvalue weighted by Gasteiger charge is 2.21. The summed E-state index contributed by atoms with van der Waals surface area (Å²) in [5.41, 5.74) is 3.14. The topological polar surface area (TPSA) is 96.7 Å². The van der Waals surface area contributed by atoms with Gasteiger partial charge in [0.1, 0.15) is 23.0 Å². The quantitative estimate of drug-likeness (QED) is 0.340. The molecule has 1 unspecified atom stereocenters. The summed E-state index contributed by atoms with van der Waals surface area (Å²) < 4.78 is 34.9. The third-order valence-electron chi connectivity index (χ3n) is 5.92. The third kappa shape index (κ3) is 4.05. The van der Waals surface area contributed by atoms with Gasteiger partial charge in [-0.25, -0.2) is 8.78 Å². The van der Waals surface area contributed by atoms with Crippen LogP contribution < -0.4 is 10.7 Å². The zero-order chi connectivity index (χ0) is 24.7. The summed E-state index contributed by atoms with van der Waals surface area (Å²) in [5.74, 6) is -0.443. The van der Waals surface area contributed by atoms with E-state index in [4.69, 9.17) is 4.42 Å². The molecule has 2 aromatic heterocycles. The fourth-order valence-electron chi connectivity index (χ4n) is 4.21. The van der Waals surface area contributed by atoms with Crippen molar-refractivity contribution in [1.29, 1.82) is 0 Å². The van der Waals surface area contributed by atoms with Crippen molar-refractivity contribution in [1.82, 2.24) is 20.6 Å². The molecule has 0 saturated heterocycles. The number of rotatable bonds is 5. The van der Waals surface area contributed by atoms with Crippen molar-refractivity contribution in [3.63, 3.8) is 0 Å². The van der Waals surface area contributed by atoms with Gasteiger partial charge in [0, 0.05) is 22.4 Å². The second-order valence-electron chi connectivity index (χ2n) is 8.39. The zero-order valence-electron chi connectivity index (χ0n) is 19.2. The average molecular weight is 473 g/mol. The van der Waals surface area contributed by atoms with E-state index in [2.05, 4.69) is 25.9 Å². The molecule has 0 bridgehead atoms. The monoisotopic (exact) mass is 473 g/mol. The molecule has 3 aromatic carbocycles. The minimum atomic E-state index is -0.484. The molecule has 0 aliphatic rings. The molecular weight excluding hydrogens is 452 g/mol. The summed E-state index contributed by atoms with van der Waals surface area (Å²) >= 11 is 0. The minimum absolute atomic E-state index is 0.177. The van der Waals surface area contributed by atoms with Crippen molar-refractivity contribution in [3.8, 4) is 22.7 Å². The van der Waals surface area contributed by atoms with E-state index in [1.807, 2.05) is 19.9 Å². The predicted octanol–water partition coefficient (Wildman–Crippen LogP) is 5.71. The van der Waals surface area contributed by atoms with Crippen LogP contribution in [0.1, 0.15) is 29.7 Å². The molecule has 5 rings (SSSR count). The Morgan fingerprint density at radius 3 is 2.57 bits per heavy atom. The van der Waals surface area contributed by atoms with Gasteiger partial charge in [0.15, 0.2) is 5.43 Å². The number of nitrogens with zero attached hydrogens (tertiary/aromatic N) is 3. The number of halogens is 2. The lowest BCUT2D eigenvalue weighted by Gasteiger charge is -2.20. The van der Waals surface area contributed by atoms with Crippen molar-refractivity contribution in [2.75, 3.05) is 5.32 Å².